The van der Waals surface area contributed by atoms with E-state index in [9.17, 15) is 9.59 Å². The Balaban J connectivity index is 2.75. The Morgan fingerprint density at radius 2 is 1.93 bits per heavy atom. The summed E-state index contributed by atoms with van der Waals surface area (Å²) < 4.78 is 0. The molecule has 0 saturated carbocycles. The Hall–Kier alpha value is -1.26. The van der Waals surface area contributed by atoms with Crippen LogP contribution in [0.3, 0.4) is 0 Å². The lowest BCUT2D eigenvalue weighted by Crippen LogP contribution is -2.39. The van der Waals surface area contributed by atoms with Gasteiger partial charge in [0, 0.05) is 6.54 Å². The van der Waals surface area contributed by atoms with Gasteiger partial charge in [0.2, 0.25) is 0 Å². The average molecular weight is 201 g/mol. The second-order valence-electron chi connectivity index (χ2n) is 4.03. The van der Waals surface area contributed by atoms with Gasteiger partial charge in [-0.2, -0.15) is 0 Å². The quantitative estimate of drug-likeness (QED) is 0.701. The molecule has 0 aromatic heterocycles. The minimum Gasteiger partial charge on any atom is -0.480 e. The van der Waals surface area contributed by atoms with Crippen molar-refractivity contribution in [2.45, 2.75) is 26.3 Å². The van der Waals surface area contributed by atoms with E-state index in [1.807, 2.05) is 13.8 Å². The summed E-state index contributed by atoms with van der Waals surface area (Å²) in [5.74, 6) is -0.566. The van der Waals surface area contributed by atoms with Gasteiger partial charge in [-0.05, 0) is 18.3 Å². The van der Waals surface area contributed by atoms with Crippen molar-refractivity contribution in [1.82, 2.24) is 4.90 Å². The highest BCUT2D eigenvalue weighted by Gasteiger charge is 2.40. The van der Waals surface area contributed by atoms with Crippen molar-refractivity contribution in [2.24, 2.45) is 11.8 Å². The van der Waals surface area contributed by atoms with Crippen molar-refractivity contribution in [3.63, 3.8) is 0 Å². The van der Waals surface area contributed by atoms with Crippen LogP contribution in [0.15, 0.2) is 0 Å². The van der Waals surface area contributed by atoms with Gasteiger partial charge in [0.05, 0.1) is 0 Å². The second kappa shape index (κ2) is 3.86. The van der Waals surface area contributed by atoms with E-state index >= 15 is 0 Å². The van der Waals surface area contributed by atoms with Gasteiger partial charge < -0.3 is 10.2 Å². The molecular weight excluding hydrogens is 186 g/mol. The highest BCUT2D eigenvalue weighted by atomic mass is 16.4. The SMILES string of the molecule is CC(C)[C@H]1C[C@H](C(=O)O)N(C(=O)O)C1. The summed E-state index contributed by atoms with van der Waals surface area (Å²) in [5, 5.41) is 17.6. The zero-order valence-electron chi connectivity index (χ0n) is 8.30. The van der Waals surface area contributed by atoms with Crippen molar-refractivity contribution >= 4 is 12.1 Å². The van der Waals surface area contributed by atoms with Gasteiger partial charge in [-0.25, -0.2) is 9.59 Å². The third-order valence-corrected chi connectivity index (χ3v) is 2.81. The number of carbonyl (C=O) groups is 2. The fourth-order valence-electron chi connectivity index (χ4n) is 1.80. The summed E-state index contributed by atoms with van der Waals surface area (Å²) in [5.41, 5.74) is 0. The summed E-state index contributed by atoms with van der Waals surface area (Å²) in [6.07, 6.45) is -0.709. The fraction of sp³-hybridized carbons (Fsp3) is 0.778. The van der Waals surface area contributed by atoms with E-state index in [4.69, 9.17) is 10.2 Å². The van der Waals surface area contributed by atoms with Crippen LogP contribution >= 0.6 is 0 Å². The van der Waals surface area contributed by atoms with Gasteiger partial charge in [0.25, 0.3) is 0 Å². The van der Waals surface area contributed by atoms with E-state index in [1.165, 1.54) is 0 Å². The van der Waals surface area contributed by atoms with Crippen LogP contribution in [0.25, 0.3) is 0 Å². The molecule has 0 unspecified atom stereocenters. The van der Waals surface area contributed by atoms with Gasteiger partial charge >= 0.3 is 12.1 Å². The maximum Gasteiger partial charge on any atom is 0.408 e. The molecule has 0 aliphatic carbocycles. The Kier molecular flexibility index (Phi) is 2.98. The Morgan fingerprint density at radius 1 is 1.36 bits per heavy atom. The molecule has 1 amide bonds. The normalized spacial score (nSPS) is 26.9. The number of hydrogen-bond acceptors (Lipinski definition) is 2. The molecule has 0 bridgehead atoms. The highest BCUT2D eigenvalue weighted by molar-refractivity contribution is 5.80. The molecule has 5 heteroatoms. The van der Waals surface area contributed by atoms with E-state index in [0.29, 0.717) is 18.9 Å². The molecule has 0 aromatic carbocycles. The summed E-state index contributed by atoms with van der Waals surface area (Å²) in [6.45, 7) is 4.30. The first-order valence-corrected chi connectivity index (χ1v) is 4.65. The van der Waals surface area contributed by atoms with E-state index in [1.54, 1.807) is 0 Å². The van der Waals surface area contributed by atoms with Crippen LogP contribution in [0.4, 0.5) is 4.79 Å². The van der Waals surface area contributed by atoms with Crippen LogP contribution < -0.4 is 0 Å². The van der Waals surface area contributed by atoms with Gasteiger partial charge in [-0.1, -0.05) is 13.8 Å². The first-order valence-electron chi connectivity index (χ1n) is 4.65. The molecule has 2 N–H and O–H groups in total. The van der Waals surface area contributed by atoms with Crippen LogP contribution in [-0.2, 0) is 4.79 Å². The summed E-state index contributed by atoms with van der Waals surface area (Å²) in [4.78, 5) is 22.5. The molecule has 0 spiro atoms. The van der Waals surface area contributed by atoms with Crippen molar-refractivity contribution < 1.29 is 19.8 Å². The number of aliphatic carboxylic acids is 1. The van der Waals surface area contributed by atoms with Crippen molar-refractivity contribution in [1.29, 1.82) is 0 Å². The minimum absolute atomic E-state index is 0.159. The van der Waals surface area contributed by atoms with Crippen molar-refractivity contribution in [3.8, 4) is 0 Å². The molecule has 1 rings (SSSR count). The fourth-order valence-corrected chi connectivity index (χ4v) is 1.80. The number of amides is 1. The van der Waals surface area contributed by atoms with Crippen LogP contribution in [0, 0.1) is 11.8 Å². The number of likely N-dealkylation sites (tertiary alicyclic amines) is 1. The largest absolute Gasteiger partial charge is 0.480 e. The van der Waals surface area contributed by atoms with Crippen LogP contribution in [-0.4, -0.2) is 39.8 Å². The first kappa shape index (κ1) is 10.8. The molecule has 1 aliphatic heterocycles. The van der Waals surface area contributed by atoms with Gasteiger partial charge in [-0.15, -0.1) is 0 Å². The van der Waals surface area contributed by atoms with E-state index < -0.39 is 18.1 Å². The topological polar surface area (TPSA) is 77.8 Å². The molecule has 1 fully saturated rings. The lowest BCUT2D eigenvalue weighted by Gasteiger charge is -2.17. The molecule has 80 valence electrons. The number of rotatable bonds is 2. The van der Waals surface area contributed by atoms with Gasteiger partial charge in [0.1, 0.15) is 6.04 Å². The van der Waals surface area contributed by atoms with Crippen LogP contribution in [0.1, 0.15) is 20.3 Å². The zero-order valence-corrected chi connectivity index (χ0v) is 8.30. The monoisotopic (exact) mass is 201 g/mol. The third-order valence-electron chi connectivity index (χ3n) is 2.81. The molecule has 0 aromatic rings. The lowest BCUT2D eigenvalue weighted by atomic mass is 9.93. The summed E-state index contributed by atoms with van der Waals surface area (Å²) in [6, 6.07) is -0.861. The van der Waals surface area contributed by atoms with E-state index in [0.717, 1.165) is 4.90 Å². The number of nitrogens with zero attached hydrogens (tertiary/aromatic N) is 1. The lowest BCUT2D eigenvalue weighted by molar-refractivity contribution is -0.141. The molecule has 14 heavy (non-hydrogen) atoms. The van der Waals surface area contributed by atoms with Gasteiger partial charge in [0.15, 0.2) is 0 Å². The summed E-state index contributed by atoms with van der Waals surface area (Å²) >= 11 is 0. The van der Waals surface area contributed by atoms with E-state index in [-0.39, 0.29) is 5.92 Å². The second-order valence-corrected chi connectivity index (χ2v) is 4.03. The standard InChI is InChI=1S/C9H15NO4/c1-5(2)6-3-7(8(11)12)10(4-6)9(13)14/h5-7H,3-4H2,1-2H3,(H,11,12)(H,13,14)/t6-,7+/m0/s1. The Morgan fingerprint density at radius 3 is 2.21 bits per heavy atom. The maximum absolute atomic E-state index is 10.8. The van der Waals surface area contributed by atoms with Crippen molar-refractivity contribution in [2.75, 3.05) is 6.54 Å². The zero-order chi connectivity index (χ0) is 10.9. The van der Waals surface area contributed by atoms with Crippen molar-refractivity contribution in [3.05, 3.63) is 0 Å². The molecular formula is C9H15NO4. The predicted molar refractivity (Wildman–Crippen MR) is 49.1 cm³/mol. The van der Waals surface area contributed by atoms with Crippen LogP contribution in [0.5, 0.6) is 0 Å². The maximum atomic E-state index is 10.8. The Bertz CT molecular complexity index is 229. The first-order chi connectivity index (χ1) is 6.43. The molecule has 0 radical (unpaired) electrons. The summed E-state index contributed by atoms with van der Waals surface area (Å²) in [7, 11) is 0. The minimum atomic E-state index is -1.14. The predicted octanol–water partition coefficient (Wildman–Crippen LogP) is 1.10. The molecule has 2 atom stereocenters. The molecule has 1 saturated heterocycles. The molecule has 5 nitrogen and oxygen atoms in total. The third kappa shape index (κ3) is 1.97. The highest BCUT2D eigenvalue weighted by Crippen LogP contribution is 2.28. The molecule has 1 heterocycles. The molecule has 1 aliphatic rings. The number of carboxylic acids is 1. The van der Waals surface area contributed by atoms with E-state index in [2.05, 4.69) is 0 Å². The Labute approximate surface area is 82.3 Å². The van der Waals surface area contributed by atoms with Gasteiger partial charge in [-0.3, -0.25) is 4.90 Å². The number of carboxylic acid groups (broad SMARTS) is 2. The smallest absolute Gasteiger partial charge is 0.408 e. The average Bonchev–Trinajstić information content (AvgIpc) is 2.47. The number of hydrogen-bond donors (Lipinski definition) is 2. The van der Waals surface area contributed by atoms with Crippen LogP contribution in [0.2, 0.25) is 0 Å².